The minimum Gasteiger partial charge on any atom is -0.332 e. The molecule has 0 radical (unpaired) electrons. The van der Waals surface area contributed by atoms with Crippen molar-refractivity contribution in [2.75, 3.05) is 0 Å². The van der Waals surface area contributed by atoms with Gasteiger partial charge in [-0.15, -0.1) is 0 Å². The zero-order valence-corrected chi connectivity index (χ0v) is 9.64. The minimum atomic E-state index is 0.402. The Hall–Kier alpha value is -1.69. The van der Waals surface area contributed by atoms with Gasteiger partial charge in [-0.05, 0) is 6.07 Å². The summed E-state index contributed by atoms with van der Waals surface area (Å²) in [5.41, 5.74) is 0.822. The fourth-order valence-corrected chi connectivity index (χ4v) is 1.31. The Labute approximate surface area is 93.7 Å². The Bertz CT molecular complexity index is 459. The molecule has 0 unspecified atom stereocenters. The van der Waals surface area contributed by atoms with E-state index in [1.165, 1.54) is 0 Å². The van der Waals surface area contributed by atoms with Crippen molar-refractivity contribution >= 4 is 0 Å². The van der Waals surface area contributed by atoms with E-state index in [1.54, 1.807) is 10.9 Å². The van der Waals surface area contributed by atoms with Gasteiger partial charge in [-0.1, -0.05) is 19.0 Å². The number of aryl methyl sites for hydroxylation is 1. The fourth-order valence-electron chi connectivity index (χ4n) is 1.31. The Morgan fingerprint density at radius 3 is 2.94 bits per heavy atom. The minimum absolute atomic E-state index is 0.402. The molecule has 2 rings (SSSR count). The first kappa shape index (κ1) is 10.8. The van der Waals surface area contributed by atoms with Crippen molar-refractivity contribution in [3.05, 3.63) is 18.1 Å². The van der Waals surface area contributed by atoms with Gasteiger partial charge >= 0.3 is 0 Å². The van der Waals surface area contributed by atoms with Gasteiger partial charge in [0.1, 0.15) is 5.69 Å². The molecule has 0 amide bonds. The second-order valence-electron chi connectivity index (χ2n) is 3.89. The second kappa shape index (κ2) is 4.44. The van der Waals surface area contributed by atoms with Crippen LogP contribution < -0.4 is 5.32 Å². The monoisotopic (exact) mass is 221 g/mol. The van der Waals surface area contributed by atoms with Gasteiger partial charge in [0.2, 0.25) is 0 Å². The SMILES string of the molecule is CC(C)NCc1noc(-c2ccnn2C)n1. The van der Waals surface area contributed by atoms with Crippen LogP contribution in [0.3, 0.4) is 0 Å². The summed E-state index contributed by atoms with van der Waals surface area (Å²) < 4.78 is 6.86. The molecule has 2 aromatic heterocycles. The molecule has 6 heteroatoms. The predicted molar refractivity (Wildman–Crippen MR) is 58.5 cm³/mol. The lowest BCUT2D eigenvalue weighted by atomic mass is 10.4. The van der Waals surface area contributed by atoms with Crippen LogP contribution in [0.5, 0.6) is 0 Å². The summed E-state index contributed by atoms with van der Waals surface area (Å²) in [4.78, 5) is 4.28. The molecule has 6 nitrogen and oxygen atoms in total. The van der Waals surface area contributed by atoms with Crippen molar-refractivity contribution in [3.63, 3.8) is 0 Å². The third kappa shape index (κ3) is 2.27. The van der Waals surface area contributed by atoms with Gasteiger partial charge in [0.05, 0.1) is 6.54 Å². The second-order valence-corrected chi connectivity index (χ2v) is 3.89. The zero-order chi connectivity index (χ0) is 11.5. The summed E-state index contributed by atoms with van der Waals surface area (Å²) in [5.74, 6) is 1.16. The van der Waals surface area contributed by atoms with Gasteiger partial charge in [0, 0.05) is 19.3 Å². The molecule has 0 aromatic carbocycles. The molecule has 86 valence electrons. The van der Waals surface area contributed by atoms with Crippen LogP contribution in [0.25, 0.3) is 11.6 Å². The number of nitrogens with one attached hydrogen (secondary N) is 1. The van der Waals surface area contributed by atoms with Gasteiger partial charge in [-0.2, -0.15) is 10.1 Å². The lowest BCUT2D eigenvalue weighted by Gasteiger charge is -2.03. The summed E-state index contributed by atoms with van der Waals surface area (Å²) in [5, 5.41) is 11.2. The van der Waals surface area contributed by atoms with E-state index in [0.29, 0.717) is 24.3 Å². The lowest BCUT2D eigenvalue weighted by molar-refractivity contribution is 0.414. The molecule has 0 atom stereocenters. The molecule has 0 aliphatic rings. The molecule has 0 bridgehead atoms. The maximum absolute atomic E-state index is 5.16. The van der Waals surface area contributed by atoms with Gasteiger partial charge in [-0.25, -0.2) is 0 Å². The average Bonchev–Trinajstić information content (AvgIpc) is 2.83. The normalized spacial score (nSPS) is 11.2. The average molecular weight is 221 g/mol. The molecule has 0 fully saturated rings. The summed E-state index contributed by atoms with van der Waals surface area (Å²) in [6.07, 6.45) is 1.70. The van der Waals surface area contributed by atoms with Crippen LogP contribution in [0.4, 0.5) is 0 Å². The maximum atomic E-state index is 5.16. The van der Waals surface area contributed by atoms with Crippen LogP contribution in [0.15, 0.2) is 16.8 Å². The highest BCUT2D eigenvalue weighted by molar-refractivity contribution is 5.45. The summed E-state index contributed by atoms with van der Waals surface area (Å²) in [7, 11) is 1.84. The van der Waals surface area contributed by atoms with Gasteiger partial charge in [-0.3, -0.25) is 4.68 Å². The van der Waals surface area contributed by atoms with Crippen molar-refractivity contribution < 1.29 is 4.52 Å². The molecule has 0 saturated heterocycles. The van der Waals surface area contributed by atoms with Crippen molar-refractivity contribution in [3.8, 4) is 11.6 Å². The number of rotatable bonds is 4. The van der Waals surface area contributed by atoms with E-state index >= 15 is 0 Å². The summed E-state index contributed by atoms with van der Waals surface area (Å²) in [6, 6.07) is 2.24. The third-order valence-corrected chi connectivity index (χ3v) is 2.18. The van der Waals surface area contributed by atoms with E-state index < -0.39 is 0 Å². The van der Waals surface area contributed by atoms with Crippen molar-refractivity contribution in [2.24, 2.45) is 7.05 Å². The van der Waals surface area contributed by atoms with Crippen LogP contribution in [0, 0.1) is 0 Å². The largest absolute Gasteiger partial charge is 0.332 e. The topological polar surface area (TPSA) is 68.8 Å². The number of hydrogen-bond acceptors (Lipinski definition) is 5. The fraction of sp³-hybridized carbons (Fsp3) is 0.500. The molecule has 0 saturated carbocycles. The maximum Gasteiger partial charge on any atom is 0.276 e. The Balaban J connectivity index is 2.11. The van der Waals surface area contributed by atoms with Crippen molar-refractivity contribution in [1.82, 2.24) is 25.2 Å². The molecule has 1 N–H and O–H groups in total. The van der Waals surface area contributed by atoms with Gasteiger partial charge < -0.3 is 9.84 Å². The molecule has 0 spiro atoms. The summed E-state index contributed by atoms with van der Waals surface area (Å²) >= 11 is 0. The molecule has 0 aliphatic carbocycles. The third-order valence-electron chi connectivity index (χ3n) is 2.18. The van der Waals surface area contributed by atoms with Crippen LogP contribution in [-0.4, -0.2) is 26.0 Å². The van der Waals surface area contributed by atoms with Gasteiger partial charge in [0.25, 0.3) is 5.89 Å². The number of aromatic nitrogens is 4. The highest BCUT2D eigenvalue weighted by Crippen LogP contribution is 2.14. The van der Waals surface area contributed by atoms with E-state index in [0.717, 1.165) is 5.69 Å². The van der Waals surface area contributed by atoms with E-state index in [9.17, 15) is 0 Å². The first-order chi connectivity index (χ1) is 7.66. The molecular formula is C10H15N5O. The Morgan fingerprint density at radius 1 is 1.50 bits per heavy atom. The first-order valence-corrected chi connectivity index (χ1v) is 5.21. The van der Waals surface area contributed by atoms with Crippen LogP contribution in [-0.2, 0) is 13.6 Å². The van der Waals surface area contributed by atoms with Crippen molar-refractivity contribution in [1.29, 1.82) is 0 Å². The first-order valence-electron chi connectivity index (χ1n) is 5.21. The highest BCUT2D eigenvalue weighted by atomic mass is 16.5. The number of hydrogen-bond donors (Lipinski definition) is 1. The molecule has 16 heavy (non-hydrogen) atoms. The zero-order valence-electron chi connectivity index (χ0n) is 9.64. The molecule has 0 aliphatic heterocycles. The van der Waals surface area contributed by atoms with E-state index in [4.69, 9.17) is 4.52 Å². The highest BCUT2D eigenvalue weighted by Gasteiger charge is 2.11. The summed E-state index contributed by atoms with van der Waals surface area (Å²) in [6.45, 7) is 4.75. The Kier molecular flexibility index (Phi) is 3.00. The lowest BCUT2D eigenvalue weighted by Crippen LogP contribution is -2.22. The van der Waals surface area contributed by atoms with E-state index in [1.807, 2.05) is 13.1 Å². The van der Waals surface area contributed by atoms with E-state index in [-0.39, 0.29) is 0 Å². The van der Waals surface area contributed by atoms with Gasteiger partial charge in [0.15, 0.2) is 5.82 Å². The van der Waals surface area contributed by atoms with Crippen LogP contribution in [0.2, 0.25) is 0 Å². The predicted octanol–water partition coefficient (Wildman–Crippen LogP) is 0.968. The van der Waals surface area contributed by atoms with E-state index in [2.05, 4.69) is 34.4 Å². The molecular weight excluding hydrogens is 206 g/mol. The molecule has 2 aromatic rings. The van der Waals surface area contributed by atoms with Crippen molar-refractivity contribution in [2.45, 2.75) is 26.4 Å². The Morgan fingerprint density at radius 2 is 2.31 bits per heavy atom. The molecule has 2 heterocycles. The van der Waals surface area contributed by atoms with Crippen LogP contribution in [0.1, 0.15) is 19.7 Å². The van der Waals surface area contributed by atoms with Crippen LogP contribution >= 0.6 is 0 Å². The quantitative estimate of drug-likeness (QED) is 0.833. The standard InChI is InChI=1S/C10H15N5O/c1-7(2)11-6-9-13-10(16-14-9)8-4-5-12-15(8)3/h4-5,7,11H,6H2,1-3H3. The smallest absolute Gasteiger partial charge is 0.276 e. The number of nitrogens with zero attached hydrogens (tertiary/aromatic N) is 4.